The number of aliphatic hydroxyl groups is 2. The maximum absolute atomic E-state index is 10.3. The van der Waals surface area contributed by atoms with Gasteiger partial charge in [-0.1, -0.05) is 0 Å². The van der Waals surface area contributed by atoms with Crippen molar-refractivity contribution >= 4 is 5.97 Å². The Kier molecular flexibility index (Phi) is 2.40. The van der Waals surface area contributed by atoms with Crippen LogP contribution in [0, 0.1) is 0 Å². The number of hydrazine groups is 1. The molecule has 3 atom stereocenters. The van der Waals surface area contributed by atoms with Crippen molar-refractivity contribution in [1.29, 1.82) is 0 Å². The maximum atomic E-state index is 10.3. The van der Waals surface area contributed by atoms with Crippen LogP contribution in [-0.4, -0.2) is 46.1 Å². The molecule has 1 aliphatic heterocycles. The summed E-state index contributed by atoms with van der Waals surface area (Å²) in [5, 5.41) is 26.5. The molecule has 6 nitrogen and oxygen atoms in total. The van der Waals surface area contributed by atoms with Crippen LogP contribution < -0.4 is 10.9 Å². The number of carboxylic acid groups (broad SMARTS) is 1. The van der Waals surface area contributed by atoms with E-state index < -0.39 is 24.2 Å². The predicted molar refractivity (Wildman–Crippen MR) is 34.6 cm³/mol. The number of carbonyl (C=O) groups is 1. The molecule has 1 saturated heterocycles. The summed E-state index contributed by atoms with van der Waals surface area (Å²) >= 11 is 0. The fourth-order valence-corrected chi connectivity index (χ4v) is 0.910. The molecule has 0 bridgehead atoms. The number of β-amino-alcohol motifs (C(OH)–C–C–N with tert-alkyl or cyclic N) is 1. The van der Waals surface area contributed by atoms with Crippen LogP contribution in [0.25, 0.3) is 0 Å². The third-order valence-electron chi connectivity index (χ3n) is 1.57. The van der Waals surface area contributed by atoms with E-state index >= 15 is 0 Å². The number of hydrogen-bond donors (Lipinski definition) is 5. The van der Waals surface area contributed by atoms with E-state index in [9.17, 15) is 4.79 Å². The van der Waals surface area contributed by atoms with E-state index in [1.54, 1.807) is 0 Å². The van der Waals surface area contributed by atoms with Gasteiger partial charge in [-0.15, -0.1) is 0 Å². The summed E-state index contributed by atoms with van der Waals surface area (Å²) in [7, 11) is 0. The molecule has 0 aromatic carbocycles. The van der Waals surface area contributed by atoms with Crippen molar-refractivity contribution in [3.63, 3.8) is 0 Å². The summed E-state index contributed by atoms with van der Waals surface area (Å²) in [4.78, 5) is 10.3. The fourth-order valence-electron chi connectivity index (χ4n) is 0.910. The third kappa shape index (κ3) is 1.66. The van der Waals surface area contributed by atoms with Gasteiger partial charge < -0.3 is 15.3 Å². The van der Waals surface area contributed by atoms with E-state index in [0.717, 1.165) is 0 Å². The Morgan fingerprint density at radius 3 is 2.55 bits per heavy atom. The molecular weight excluding hydrogens is 152 g/mol. The molecule has 1 heterocycles. The first-order valence-electron chi connectivity index (χ1n) is 3.20. The molecule has 6 heteroatoms. The van der Waals surface area contributed by atoms with Crippen LogP contribution in [0.5, 0.6) is 0 Å². The van der Waals surface area contributed by atoms with Gasteiger partial charge in [-0.3, -0.25) is 10.2 Å². The molecule has 1 rings (SSSR count). The minimum atomic E-state index is -1.26. The van der Waals surface area contributed by atoms with Gasteiger partial charge in [0.05, 0.1) is 6.10 Å². The van der Waals surface area contributed by atoms with Gasteiger partial charge in [-0.05, 0) is 0 Å². The molecule has 0 aliphatic carbocycles. The highest BCUT2D eigenvalue weighted by Gasteiger charge is 2.34. The first-order chi connectivity index (χ1) is 5.13. The van der Waals surface area contributed by atoms with Crippen LogP contribution in [0.4, 0.5) is 0 Å². The highest BCUT2D eigenvalue weighted by atomic mass is 16.4. The zero-order valence-corrected chi connectivity index (χ0v) is 5.69. The monoisotopic (exact) mass is 162 g/mol. The lowest BCUT2D eigenvalue weighted by molar-refractivity contribution is -0.148. The summed E-state index contributed by atoms with van der Waals surface area (Å²) in [6, 6.07) is -1.14. The molecule has 0 spiro atoms. The van der Waals surface area contributed by atoms with Gasteiger partial charge in [0.2, 0.25) is 0 Å². The number of aliphatic hydroxyl groups excluding tert-OH is 2. The fraction of sp³-hybridized carbons (Fsp3) is 0.800. The summed E-state index contributed by atoms with van der Waals surface area (Å²) in [6.07, 6.45) is -2.29. The molecule has 0 amide bonds. The summed E-state index contributed by atoms with van der Waals surface area (Å²) < 4.78 is 0. The second kappa shape index (κ2) is 3.14. The average Bonchev–Trinajstić information content (AvgIpc) is 1.94. The van der Waals surface area contributed by atoms with Crippen molar-refractivity contribution < 1.29 is 20.1 Å². The Labute approximate surface area is 62.8 Å². The maximum Gasteiger partial charge on any atom is 0.324 e. The van der Waals surface area contributed by atoms with Crippen LogP contribution in [0.2, 0.25) is 0 Å². The van der Waals surface area contributed by atoms with E-state index in [1.807, 2.05) is 0 Å². The Bertz CT molecular complexity index is 163. The number of carboxylic acids is 1. The van der Waals surface area contributed by atoms with E-state index in [2.05, 4.69) is 10.9 Å². The zero-order chi connectivity index (χ0) is 8.43. The minimum Gasteiger partial charge on any atom is -0.480 e. The molecule has 1 fully saturated rings. The Morgan fingerprint density at radius 2 is 2.09 bits per heavy atom. The highest BCUT2D eigenvalue weighted by Crippen LogP contribution is 2.02. The van der Waals surface area contributed by atoms with E-state index in [4.69, 9.17) is 15.3 Å². The molecule has 0 unspecified atom stereocenters. The van der Waals surface area contributed by atoms with Crippen molar-refractivity contribution in [2.24, 2.45) is 0 Å². The summed E-state index contributed by atoms with van der Waals surface area (Å²) in [5.41, 5.74) is 4.79. The smallest absolute Gasteiger partial charge is 0.324 e. The van der Waals surface area contributed by atoms with Crippen molar-refractivity contribution in [3.8, 4) is 0 Å². The van der Waals surface area contributed by atoms with Crippen molar-refractivity contribution in [1.82, 2.24) is 10.9 Å². The Balaban J connectivity index is 2.58. The van der Waals surface area contributed by atoms with Gasteiger partial charge >= 0.3 is 5.97 Å². The Morgan fingerprint density at radius 1 is 1.45 bits per heavy atom. The molecule has 0 radical (unpaired) electrons. The van der Waals surface area contributed by atoms with Gasteiger partial charge in [0.1, 0.15) is 12.1 Å². The second-order valence-corrected chi connectivity index (χ2v) is 2.40. The quantitative estimate of drug-likeness (QED) is 0.287. The van der Waals surface area contributed by atoms with Crippen LogP contribution in [0.15, 0.2) is 0 Å². The van der Waals surface area contributed by atoms with Gasteiger partial charge in [0.25, 0.3) is 0 Å². The van der Waals surface area contributed by atoms with Gasteiger partial charge in [-0.25, -0.2) is 5.43 Å². The van der Waals surface area contributed by atoms with Crippen molar-refractivity contribution in [3.05, 3.63) is 0 Å². The number of rotatable bonds is 1. The topological polar surface area (TPSA) is 102 Å². The summed E-state index contributed by atoms with van der Waals surface area (Å²) in [5.74, 6) is -1.19. The largest absolute Gasteiger partial charge is 0.480 e. The lowest BCUT2D eigenvalue weighted by Crippen LogP contribution is -2.63. The van der Waals surface area contributed by atoms with Crippen LogP contribution in [0.3, 0.4) is 0 Å². The molecule has 0 aromatic rings. The second-order valence-electron chi connectivity index (χ2n) is 2.40. The molecule has 64 valence electrons. The van der Waals surface area contributed by atoms with E-state index in [1.165, 1.54) is 0 Å². The first kappa shape index (κ1) is 8.41. The Hall–Kier alpha value is -0.690. The molecular formula is C5H10N2O4. The van der Waals surface area contributed by atoms with Gasteiger partial charge in [0, 0.05) is 6.54 Å². The SMILES string of the molecule is O=C(O)[C@H]1NNC[C@H](O)[C@@H]1O. The number of aliphatic carboxylic acids is 1. The van der Waals surface area contributed by atoms with Gasteiger partial charge in [0.15, 0.2) is 0 Å². The van der Waals surface area contributed by atoms with Crippen molar-refractivity contribution in [2.45, 2.75) is 18.2 Å². The normalized spacial score (nSPS) is 38.5. The third-order valence-corrected chi connectivity index (χ3v) is 1.57. The lowest BCUT2D eigenvalue weighted by Gasteiger charge is -2.30. The standard InChI is InChI=1S/C5H10N2O4/c8-2-1-6-7-3(4(2)9)5(10)11/h2-4,6-9H,1H2,(H,10,11)/t2-,3-,4-/m0/s1. The number of nitrogens with one attached hydrogen (secondary N) is 2. The molecule has 0 aromatic heterocycles. The molecule has 0 saturated carbocycles. The van der Waals surface area contributed by atoms with Crippen LogP contribution in [-0.2, 0) is 4.79 Å². The number of hydrogen-bond acceptors (Lipinski definition) is 5. The van der Waals surface area contributed by atoms with Gasteiger partial charge in [-0.2, -0.15) is 0 Å². The minimum absolute atomic E-state index is 0.144. The first-order valence-corrected chi connectivity index (χ1v) is 3.20. The molecule has 5 N–H and O–H groups in total. The zero-order valence-electron chi connectivity index (χ0n) is 5.69. The van der Waals surface area contributed by atoms with Crippen LogP contribution >= 0.6 is 0 Å². The molecule has 1 aliphatic rings. The predicted octanol–water partition coefficient (Wildman–Crippen LogP) is -2.73. The van der Waals surface area contributed by atoms with E-state index in [-0.39, 0.29) is 6.54 Å². The van der Waals surface area contributed by atoms with E-state index in [0.29, 0.717) is 0 Å². The average molecular weight is 162 g/mol. The summed E-state index contributed by atoms with van der Waals surface area (Å²) in [6.45, 7) is 0.144. The highest BCUT2D eigenvalue weighted by molar-refractivity contribution is 5.74. The van der Waals surface area contributed by atoms with Crippen molar-refractivity contribution in [2.75, 3.05) is 6.54 Å². The lowest BCUT2D eigenvalue weighted by atomic mass is 10.0. The molecule has 11 heavy (non-hydrogen) atoms. The van der Waals surface area contributed by atoms with Crippen LogP contribution in [0.1, 0.15) is 0 Å².